The van der Waals surface area contributed by atoms with E-state index in [1.807, 2.05) is 6.07 Å². The lowest BCUT2D eigenvalue weighted by molar-refractivity contribution is 0.256. The summed E-state index contributed by atoms with van der Waals surface area (Å²) >= 11 is 0. The van der Waals surface area contributed by atoms with Crippen molar-refractivity contribution < 1.29 is 4.39 Å². The Labute approximate surface area is 84.5 Å². The molecule has 0 aromatic heterocycles. The molecule has 0 spiro atoms. The smallest absolute Gasteiger partial charge is 0.128 e. The molecule has 1 saturated heterocycles. The Balaban J connectivity index is 2.07. The largest absolute Gasteiger partial charge is 0.296 e. The summed E-state index contributed by atoms with van der Waals surface area (Å²) < 4.78 is 13.3. The zero-order valence-electron chi connectivity index (χ0n) is 8.46. The molecule has 1 fully saturated rings. The standard InChI is InChI=1S/C12H15FN/c1-10-5-4-8-14(10)9-11-6-2-3-7-12(11)13/h2,6-7,10H,4-5,8-9H2,1H3/t10-/m1/s1. The van der Waals surface area contributed by atoms with Gasteiger partial charge in [-0.3, -0.25) is 4.90 Å². The van der Waals surface area contributed by atoms with Crippen LogP contribution in [0.3, 0.4) is 0 Å². The van der Waals surface area contributed by atoms with E-state index in [0.29, 0.717) is 6.04 Å². The van der Waals surface area contributed by atoms with Crippen LogP contribution in [-0.4, -0.2) is 17.5 Å². The summed E-state index contributed by atoms with van der Waals surface area (Å²) in [6, 6.07) is 8.35. The third-order valence-electron chi connectivity index (χ3n) is 2.96. The van der Waals surface area contributed by atoms with Gasteiger partial charge in [-0.1, -0.05) is 12.1 Å². The average Bonchev–Trinajstić information content (AvgIpc) is 2.56. The molecule has 75 valence electrons. The van der Waals surface area contributed by atoms with E-state index in [2.05, 4.69) is 17.9 Å². The van der Waals surface area contributed by atoms with E-state index in [9.17, 15) is 4.39 Å². The lowest BCUT2D eigenvalue weighted by Gasteiger charge is -2.20. The summed E-state index contributed by atoms with van der Waals surface area (Å²) in [6.45, 7) is 4.04. The van der Waals surface area contributed by atoms with Crippen LogP contribution in [-0.2, 0) is 6.54 Å². The molecule has 1 aliphatic rings. The number of nitrogens with zero attached hydrogens (tertiary/aromatic N) is 1. The number of halogens is 1. The van der Waals surface area contributed by atoms with Crippen LogP contribution in [0.5, 0.6) is 0 Å². The molecule has 0 unspecified atom stereocenters. The van der Waals surface area contributed by atoms with Crippen molar-refractivity contribution in [1.82, 2.24) is 4.90 Å². The highest BCUT2D eigenvalue weighted by Crippen LogP contribution is 2.20. The van der Waals surface area contributed by atoms with E-state index < -0.39 is 0 Å². The molecular weight excluding hydrogens is 177 g/mol. The molecule has 1 aliphatic heterocycles. The monoisotopic (exact) mass is 192 g/mol. The summed E-state index contributed by atoms with van der Waals surface area (Å²) in [5, 5.41) is 0. The third-order valence-corrected chi connectivity index (χ3v) is 2.96. The van der Waals surface area contributed by atoms with Gasteiger partial charge in [-0.05, 0) is 38.4 Å². The molecule has 0 amide bonds. The first-order chi connectivity index (χ1) is 6.77. The van der Waals surface area contributed by atoms with Gasteiger partial charge >= 0.3 is 0 Å². The fourth-order valence-electron chi connectivity index (χ4n) is 2.02. The predicted octanol–water partition coefficient (Wildman–Crippen LogP) is 2.61. The molecule has 2 heteroatoms. The van der Waals surface area contributed by atoms with E-state index in [-0.39, 0.29) is 5.82 Å². The molecule has 0 N–H and O–H groups in total. The highest BCUT2D eigenvalue weighted by Gasteiger charge is 2.20. The lowest BCUT2D eigenvalue weighted by Crippen LogP contribution is -2.26. The first-order valence-electron chi connectivity index (χ1n) is 5.16. The first kappa shape index (κ1) is 9.66. The maximum absolute atomic E-state index is 13.3. The molecule has 1 radical (unpaired) electrons. The molecular formula is C12H15FN. The summed E-state index contributed by atoms with van der Waals surface area (Å²) in [5.74, 6) is -0.133. The van der Waals surface area contributed by atoms with Crippen molar-refractivity contribution in [3.8, 4) is 0 Å². The zero-order valence-corrected chi connectivity index (χ0v) is 8.46. The van der Waals surface area contributed by atoms with Gasteiger partial charge in [0.15, 0.2) is 0 Å². The predicted molar refractivity (Wildman–Crippen MR) is 54.3 cm³/mol. The molecule has 0 saturated carbocycles. The van der Waals surface area contributed by atoms with E-state index >= 15 is 0 Å². The van der Waals surface area contributed by atoms with Crippen molar-refractivity contribution in [2.45, 2.75) is 32.4 Å². The van der Waals surface area contributed by atoms with Crippen LogP contribution in [0, 0.1) is 11.9 Å². The third kappa shape index (κ3) is 1.95. The van der Waals surface area contributed by atoms with Crippen molar-refractivity contribution >= 4 is 0 Å². The minimum absolute atomic E-state index is 0.133. The van der Waals surface area contributed by atoms with E-state index in [0.717, 1.165) is 18.7 Å². The fourth-order valence-corrected chi connectivity index (χ4v) is 2.02. The molecule has 0 bridgehead atoms. The Hall–Kier alpha value is -0.890. The zero-order chi connectivity index (χ0) is 9.97. The van der Waals surface area contributed by atoms with Crippen molar-refractivity contribution in [1.29, 1.82) is 0 Å². The average molecular weight is 192 g/mol. The normalized spacial score (nSPS) is 22.9. The van der Waals surface area contributed by atoms with Gasteiger partial charge in [-0.25, -0.2) is 4.39 Å². The van der Waals surface area contributed by atoms with Gasteiger partial charge in [-0.15, -0.1) is 0 Å². The molecule has 0 aliphatic carbocycles. The second-order valence-electron chi connectivity index (χ2n) is 3.98. The summed E-state index contributed by atoms with van der Waals surface area (Å²) in [4.78, 5) is 2.33. The van der Waals surface area contributed by atoms with Crippen LogP contribution >= 0.6 is 0 Å². The van der Waals surface area contributed by atoms with Crippen LogP contribution in [0.15, 0.2) is 18.2 Å². The maximum atomic E-state index is 13.3. The van der Waals surface area contributed by atoms with Gasteiger partial charge in [0.1, 0.15) is 5.82 Å². The summed E-state index contributed by atoms with van der Waals surface area (Å²) in [6.07, 6.45) is 2.47. The molecule has 1 atom stereocenters. The quantitative estimate of drug-likeness (QED) is 0.696. The van der Waals surface area contributed by atoms with Crippen LogP contribution in [0.1, 0.15) is 25.3 Å². The van der Waals surface area contributed by atoms with E-state index in [1.165, 1.54) is 18.9 Å². The van der Waals surface area contributed by atoms with Crippen LogP contribution < -0.4 is 0 Å². The van der Waals surface area contributed by atoms with E-state index in [1.54, 1.807) is 6.07 Å². The highest BCUT2D eigenvalue weighted by atomic mass is 19.1. The van der Waals surface area contributed by atoms with Crippen molar-refractivity contribution in [2.75, 3.05) is 6.54 Å². The molecule has 1 aromatic rings. The topological polar surface area (TPSA) is 3.24 Å². The number of rotatable bonds is 2. The Morgan fingerprint density at radius 3 is 3.14 bits per heavy atom. The number of benzene rings is 1. The first-order valence-corrected chi connectivity index (χ1v) is 5.16. The van der Waals surface area contributed by atoms with Crippen molar-refractivity contribution in [3.05, 3.63) is 35.6 Å². The SMILES string of the molecule is C[C@@H]1CCCN1Cc1cc[c]cc1F. The Morgan fingerprint density at radius 1 is 1.64 bits per heavy atom. The van der Waals surface area contributed by atoms with Gasteiger partial charge in [0.2, 0.25) is 0 Å². The second-order valence-corrected chi connectivity index (χ2v) is 3.98. The van der Waals surface area contributed by atoms with Gasteiger partial charge in [0.25, 0.3) is 0 Å². The minimum atomic E-state index is -0.133. The Kier molecular flexibility index (Phi) is 2.82. The lowest BCUT2D eigenvalue weighted by atomic mass is 10.2. The van der Waals surface area contributed by atoms with Gasteiger partial charge in [-0.2, -0.15) is 0 Å². The van der Waals surface area contributed by atoms with Crippen LogP contribution in [0.4, 0.5) is 4.39 Å². The molecule has 1 nitrogen and oxygen atoms in total. The summed E-state index contributed by atoms with van der Waals surface area (Å²) in [5.41, 5.74) is 0.789. The van der Waals surface area contributed by atoms with Gasteiger partial charge in [0, 0.05) is 18.2 Å². The van der Waals surface area contributed by atoms with Gasteiger partial charge < -0.3 is 0 Å². The Morgan fingerprint density at radius 2 is 2.50 bits per heavy atom. The van der Waals surface area contributed by atoms with Gasteiger partial charge in [0.05, 0.1) is 0 Å². The molecule has 1 heterocycles. The summed E-state index contributed by atoms with van der Waals surface area (Å²) in [7, 11) is 0. The highest BCUT2D eigenvalue weighted by molar-refractivity contribution is 5.16. The fraction of sp³-hybridized carbons (Fsp3) is 0.500. The molecule has 2 rings (SSSR count). The Bertz CT molecular complexity index is 311. The van der Waals surface area contributed by atoms with Crippen molar-refractivity contribution in [3.63, 3.8) is 0 Å². The molecule has 14 heavy (non-hydrogen) atoms. The maximum Gasteiger partial charge on any atom is 0.128 e. The number of hydrogen-bond donors (Lipinski definition) is 0. The minimum Gasteiger partial charge on any atom is -0.296 e. The van der Waals surface area contributed by atoms with E-state index in [4.69, 9.17) is 0 Å². The molecule has 1 aromatic carbocycles. The number of likely N-dealkylation sites (tertiary alicyclic amines) is 1. The second kappa shape index (κ2) is 4.09. The van der Waals surface area contributed by atoms with Crippen LogP contribution in [0.25, 0.3) is 0 Å². The van der Waals surface area contributed by atoms with Crippen LogP contribution in [0.2, 0.25) is 0 Å². The number of hydrogen-bond acceptors (Lipinski definition) is 1. The van der Waals surface area contributed by atoms with Crippen molar-refractivity contribution in [2.24, 2.45) is 0 Å².